The maximum atomic E-state index is 13.6. The number of aliphatic hydroxyl groups is 1. The van der Waals surface area contributed by atoms with Gasteiger partial charge in [-0.1, -0.05) is 19.1 Å². The van der Waals surface area contributed by atoms with E-state index in [0.717, 1.165) is 5.56 Å². The SMILES string of the molecule is CCC(c1ccc(OC)c(OC)c1)C1(O[Si](C)(C)C)C=CC(=O)C1C(O)/C=C/[C@H](OC(C)=O)[C@@H](COC(C)=O)OC(C)(C)OC. The highest BCUT2D eigenvalue weighted by Crippen LogP contribution is 2.49. The molecule has 6 atom stereocenters. The van der Waals surface area contributed by atoms with E-state index in [1.165, 1.54) is 39.2 Å². The molecule has 0 spiro atoms. The van der Waals surface area contributed by atoms with Crippen LogP contribution in [0.15, 0.2) is 42.5 Å². The normalized spacial score (nSPS) is 21.3. The molecule has 12 heteroatoms. The number of ether oxygens (including phenoxy) is 6. The monoisotopic (exact) mass is 650 g/mol. The lowest BCUT2D eigenvalue weighted by Gasteiger charge is -2.46. The van der Waals surface area contributed by atoms with Gasteiger partial charge < -0.3 is 38.0 Å². The average molecular weight is 651 g/mol. The van der Waals surface area contributed by atoms with Crippen LogP contribution in [0.3, 0.4) is 0 Å². The van der Waals surface area contributed by atoms with Crippen LogP contribution >= 0.6 is 0 Å². The molecule has 0 aliphatic heterocycles. The number of benzene rings is 1. The Morgan fingerprint density at radius 2 is 1.69 bits per heavy atom. The van der Waals surface area contributed by atoms with Crippen LogP contribution in [0.1, 0.15) is 52.5 Å². The molecule has 1 aromatic carbocycles. The lowest BCUT2D eigenvalue weighted by atomic mass is 9.72. The molecule has 0 bridgehead atoms. The first-order chi connectivity index (χ1) is 20.9. The fourth-order valence-corrected chi connectivity index (χ4v) is 6.97. The van der Waals surface area contributed by atoms with Gasteiger partial charge in [-0.25, -0.2) is 0 Å². The Bertz CT molecular complexity index is 1240. The summed E-state index contributed by atoms with van der Waals surface area (Å²) in [6.45, 7) is 13.6. The summed E-state index contributed by atoms with van der Waals surface area (Å²) < 4.78 is 40.0. The van der Waals surface area contributed by atoms with E-state index in [4.69, 9.17) is 32.8 Å². The van der Waals surface area contributed by atoms with Gasteiger partial charge in [0.15, 0.2) is 31.4 Å². The van der Waals surface area contributed by atoms with Crippen molar-refractivity contribution in [1.29, 1.82) is 0 Å². The standard InChI is InChI=1S/C33H50O11Si/c1-12-24(23-13-15-27(38-6)29(19-23)39-7)33(44-45(9,10)11)18-17-26(37)31(33)25(36)14-16-28(42-22(3)35)30(20-41-21(2)34)43-32(4,5)40-8/h13-19,24-25,28,30-31,36H,12,20H2,1-11H3/b16-14+/t24?,25?,28-,30+,31?,33?/m0/s1. The zero-order valence-electron chi connectivity index (χ0n) is 28.4. The predicted molar refractivity (Wildman–Crippen MR) is 171 cm³/mol. The molecule has 11 nitrogen and oxygen atoms in total. The molecule has 0 amide bonds. The minimum Gasteiger partial charge on any atom is -0.493 e. The molecule has 0 heterocycles. The molecular formula is C33H50O11Si. The summed E-state index contributed by atoms with van der Waals surface area (Å²) in [7, 11) is 2.21. The Balaban J connectivity index is 2.63. The van der Waals surface area contributed by atoms with E-state index < -0.39 is 55.9 Å². The van der Waals surface area contributed by atoms with Crippen LogP contribution in [0.2, 0.25) is 19.6 Å². The smallest absolute Gasteiger partial charge is 0.303 e. The Morgan fingerprint density at radius 3 is 2.20 bits per heavy atom. The highest BCUT2D eigenvalue weighted by Gasteiger charge is 2.55. The quantitative estimate of drug-likeness (QED) is 0.109. The topological polar surface area (TPSA) is 136 Å². The number of esters is 2. The fourth-order valence-electron chi connectivity index (χ4n) is 5.57. The van der Waals surface area contributed by atoms with Gasteiger partial charge in [0, 0.05) is 26.9 Å². The Hall–Kier alpha value is -3.03. The molecule has 45 heavy (non-hydrogen) atoms. The zero-order valence-corrected chi connectivity index (χ0v) is 29.4. The van der Waals surface area contributed by atoms with Crippen molar-refractivity contribution in [3.63, 3.8) is 0 Å². The molecule has 4 unspecified atom stereocenters. The van der Waals surface area contributed by atoms with Crippen LogP contribution in [-0.2, 0) is 37.8 Å². The second-order valence-corrected chi connectivity index (χ2v) is 16.8. The third-order valence-electron chi connectivity index (χ3n) is 7.43. The van der Waals surface area contributed by atoms with Gasteiger partial charge in [-0.05, 0) is 75.8 Å². The number of methoxy groups -OCH3 is 3. The third kappa shape index (κ3) is 10.2. The molecule has 252 valence electrons. The molecule has 1 N–H and O–H groups in total. The lowest BCUT2D eigenvalue weighted by Crippen LogP contribution is -2.54. The summed E-state index contributed by atoms with van der Waals surface area (Å²) in [6.07, 6.45) is 3.18. The number of allylic oxidation sites excluding steroid dienone is 1. The maximum Gasteiger partial charge on any atom is 0.303 e. The van der Waals surface area contributed by atoms with Crippen LogP contribution in [0.25, 0.3) is 0 Å². The Kier molecular flexibility index (Phi) is 13.6. The maximum absolute atomic E-state index is 13.6. The second kappa shape index (κ2) is 16.0. The van der Waals surface area contributed by atoms with Gasteiger partial charge in [-0.2, -0.15) is 0 Å². The molecule has 0 saturated heterocycles. The first-order valence-corrected chi connectivity index (χ1v) is 18.4. The summed E-state index contributed by atoms with van der Waals surface area (Å²) in [5.41, 5.74) is -0.356. The molecule has 1 aromatic rings. The van der Waals surface area contributed by atoms with E-state index in [-0.39, 0.29) is 18.3 Å². The summed E-state index contributed by atoms with van der Waals surface area (Å²) in [4.78, 5) is 37.3. The van der Waals surface area contributed by atoms with E-state index >= 15 is 0 Å². The molecular weight excluding hydrogens is 600 g/mol. The largest absolute Gasteiger partial charge is 0.493 e. The van der Waals surface area contributed by atoms with Crippen molar-refractivity contribution in [1.82, 2.24) is 0 Å². The van der Waals surface area contributed by atoms with E-state index in [0.29, 0.717) is 17.9 Å². The molecule has 1 aliphatic carbocycles. The number of aliphatic hydroxyl groups excluding tert-OH is 1. The zero-order chi connectivity index (χ0) is 34.2. The van der Waals surface area contributed by atoms with Crippen molar-refractivity contribution >= 4 is 26.0 Å². The van der Waals surface area contributed by atoms with Crippen LogP contribution in [0.5, 0.6) is 11.5 Å². The summed E-state index contributed by atoms with van der Waals surface area (Å²) in [6, 6.07) is 5.58. The summed E-state index contributed by atoms with van der Waals surface area (Å²) >= 11 is 0. The second-order valence-electron chi connectivity index (χ2n) is 12.4. The van der Waals surface area contributed by atoms with Gasteiger partial charge in [0.1, 0.15) is 18.8 Å². The molecule has 0 radical (unpaired) electrons. The van der Waals surface area contributed by atoms with Gasteiger partial charge in [0.05, 0.1) is 31.8 Å². The number of ketones is 1. The van der Waals surface area contributed by atoms with Crippen molar-refractivity contribution in [2.45, 2.75) is 96.3 Å². The van der Waals surface area contributed by atoms with E-state index in [2.05, 4.69) is 0 Å². The number of rotatable bonds is 17. The molecule has 2 rings (SSSR count). The van der Waals surface area contributed by atoms with Crippen LogP contribution in [0, 0.1) is 5.92 Å². The number of hydrogen-bond acceptors (Lipinski definition) is 11. The third-order valence-corrected chi connectivity index (χ3v) is 8.40. The van der Waals surface area contributed by atoms with Crippen molar-refractivity contribution in [2.24, 2.45) is 5.92 Å². The van der Waals surface area contributed by atoms with E-state index in [1.807, 2.05) is 38.7 Å². The first kappa shape index (κ1) is 38.2. The number of carbonyl (C=O) groups is 3. The van der Waals surface area contributed by atoms with Gasteiger partial charge in [-0.3, -0.25) is 14.4 Å². The van der Waals surface area contributed by atoms with Crippen molar-refractivity contribution in [3.8, 4) is 11.5 Å². The molecule has 0 aromatic heterocycles. The molecule has 1 aliphatic rings. The van der Waals surface area contributed by atoms with Crippen LogP contribution in [-0.4, -0.2) is 88.8 Å². The fraction of sp³-hybridized carbons (Fsp3) is 0.606. The van der Waals surface area contributed by atoms with Crippen molar-refractivity contribution in [3.05, 3.63) is 48.1 Å². The number of hydrogen-bond donors (Lipinski definition) is 1. The van der Waals surface area contributed by atoms with Gasteiger partial charge in [0.2, 0.25) is 0 Å². The molecule has 0 fully saturated rings. The minimum absolute atomic E-state index is 0.260. The predicted octanol–water partition coefficient (Wildman–Crippen LogP) is 4.72. The van der Waals surface area contributed by atoms with Gasteiger partial charge >= 0.3 is 11.9 Å². The summed E-state index contributed by atoms with van der Waals surface area (Å²) in [5.74, 6) is -2.90. The Morgan fingerprint density at radius 1 is 1.04 bits per heavy atom. The van der Waals surface area contributed by atoms with Crippen molar-refractivity contribution in [2.75, 3.05) is 27.9 Å². The highest BCUT2D eigenvalue weighted by molar-refractivity contribution is 6.69. The van der Waals surface area contributed by atoms with E-state index in [9.17, 15) is 19.5 Å². The molecule has 0 saturated carbocycles. The number of carbonyl (C=O) groups excluding carboxylic acids is 3. The van der Waals surface area contributed by atoms with Crippen molar-refractivity contribution < 1.29 is 52.3 Å². The van der Waals surface area contributed by atoms with Crippen LogP contribution < -0.4 is 9.47 Å². The van der Waals surface area contributed by atoms with Gasteiger partial charge in [0.25, 0.3) is 0 Å². The van der Waals surface area contributed by atoms with Gasteiger partial charge in [-0.15, -0.1) is 0 Å². The van der Waals surface area contributed by atoms with E-state index in [1.54, 1.807) is 40.2 Å². The van der Waals surface area contributed by atoms with Crippen LogP contribution in [0.4, 0.5) is 0 Å². The average Bonchev–Trinajstić information content (AvgIpc) is 3.27. The Labute approximate surface area is 267 Å². The highest BCUT2D eigenvalue weighted by atomic mass is 28.4. The first-order valence-electron chi connectivity index (χ1n) is 15.0. The summed E-state index contributed by atoms with van der Waals surface area (Å²) in [5, 5.41) is 11.7. The lowest BCUT2D eigenvalue weighted by molar-refractivity contribution is -0.246. The minimum atomic E-state index is -2.35.